The lowest BCUT2D eigenvalue weighted by Gasteiger charge is -2.34. The molecule has 0 radical (unpaired) electrons. The molecule has 104 valence electrons. The Morgan fingerprint density at radius 2 is 2.32 bits per heavy atom. The fourth-order valence-electron chi connectivity index (χ4n) is 2.39. The first-order chi connectivity index (χ1) is 9.08. The van der Waals surface area contributed by atoms with Gasteiger partial charge in [0.1, 0.15) is 0 Å². The van der Waals surface area contributed by atoms with Crippen molar-refractivity contribution < 1.29 is 4.92 Å². The van der Waals surface area contributed by atoms with Gasteiger partial charge in [-0.2, -0.15) is 0 Å². The number of rotatable bonds is 5. The smallest absolute Gasteiger partial charge is 0.314 e. The summed E-state index contributed by atoms with van der Waals surface area (Å²) >= 11 is 1.21. The molecule has 1 aromatic heterocycles. The first-order valence-electron chi connectivity index (χ1n) is 6.40. The lowest BCUT2D eigenvalue weighted by atomic mass is 10.0. The molecule has 0 unspecified atom stereocenters. The van der Waals surface area contributed by atoms with Crippen LogP contribution in [0.4, 0.5) is 5.00 Å². The Morgan fingerprint density at radius 1 is 1.63 bits per heavy atom. The second kappa shape index (κ2) is 6.27. The molecule has 1 aliphatic heterocycles. The van der Waals surface area contributed by atoms with Gasteiger partial charge in [0.2, 0.25) is 0 Å². The minimum atomic E-state index is -0.316. The minimum absolute atomic E-state index is 0.213. The van der Waals surface area contributed by atoms with Gasteiger partial charge in [-0.1, -0.05) is 16.9 Å². The average molecular weight is 281 g/mol. The van der Waals surface area contributed by atoms with Crippen molar-refractivity contribution in [3.63, 3.8) is 0 Å². The van der Waals surface area contributed by atoms with Crippen molar-refractivity contribution in [2.24, 2.45) is 0 Å². The Hall–Kier alpha value is -1.24. The molecule has 2 heterocycles. The summed E-state index contributed by atoms with van der Waals surface area (Å²) in [4.78, 5) is 12.9. The second-order valence-electron chi connectivity index (χ2n) is 4.94. The number of thiophene rings is 1. The van der Waals surface area contributed by atoms with Gasteiger partial charge in [-0.15, -0.1) is 6.58 Å². The molecule has 19 heavy (non-hydrogen) atoms. The summed E-state index contributed by atoms with van der Waals surface area (Å²) in [7, 11) is 0. The third-order valence-corrected chi connectivity index (χ3v) is 4.20. The molecule has 1 saturated heterocycles. The quantitative estimate of drug-likeness (QED) is 0.512. The third kappa shape index (κ3) is 3.62. The van der Waals surface area contributed by atoms with Gasteiger partial charge in [0.05, 0.1) is 4.92 Å². The number of piperazine rings is 1. The Bertz CT molecular complexity index is 466. The van der Waals surface area contributed by atoms with Crippen molar-refractivity contribution >= 4 is 16.3 Å². The maximum Gasteiger partial charge on any atom is 0.324 e. The fraction of sp³-hybridized carbons (Fsp3) is 0.538. The predicted molar refractivity (Wildman–Crippen MR) is 77.6 cm³/mol. The van der Waals surface area contributed by atoms with E-state index in [4.69, 9.17) is 0 Å². The SMILES string of the molecule is C=C(C)C[C@H](c1csc([N+](=O)[O-])c1)N1CCNCC1. The molecule has 0 aromatic carbocycles. The Morgan fingerprint density at radius 3 is 2.84 bits per heavy atom. The number of nitrogens with zero attached hydrogens (tertiary/aromatic N) is 2. The minimum Gasteiger partial charge on any atom is -0.314 e. The largest absolute Gasteiger partial charge is 0.324 e. The highest BCUT2D eigenvalue weighted by molar-refractivity contribution is 7.13. The molecule has 1 atom stereocenters. The van der Waals surface area contributed by atoms with E-state index in [0.29, 0.717) is 0 Å². The van der Waals surface area contributed by atoms with Crippen molar-refractivity contribution in [2.45, 2.75) is 19.4 Å². The van der Waals surface area contributed by atoms with Crippen LogP contribution in [-0.2, 0) is 0 Å². The van der Waals surface area contributed by atoms with Crippen LogP contribution in [-0.4, -0.2) is 36.0 Å². The van der Waals surface area contributed by atoms with Crippen LogP contribution < -0.4 is 5.32 Å². The monoisotopic (exact) mass is 281 g/mol. The molecule has 0 amide bonds. The predicted octanol–water partition coefficient (Wildman–Crippen LogP) is 2.57. The van der Waals surface area contributed by atoms with E-state index in [2.05, 4.69) is 16.8 Å². The lowest BCUT2D eigenvalue weighted by molar-refractivity contribution is -0.380. The zero-order chi connectivity index (χ0) is 13.8. The topological polar surface area (TPSA) is 58.4 Å². The van der Waals surface area contributed by atoms with Crippen molar-refractivity contribution in [1.82, 2.24) is 10.2 Å². The highest BCUT2D eigenvalue weighted by Crippen LogP contribution is 2.33. The molecule has 1 fully saturated rings. The molecule has 0 bridgehead atoms. The maximum atomic E-state index is 10.8. The van der Waals surface area contributed by atoms with E-state index in [1.165, 1.54) is 11.3 Å². The molecule has 0 spiro atoms. The molecule has 6 heteroatoms. The number of nitro groups is 1. The zero-order valence-corrected chi connectivity index (χ0v) is 11.9. The Labute approximate surface area is 117 Å². The first-order valence-corrected chi connectivity index (χ1v) is 7.28. The van der Waals surface area contributed by atoms with E-state index >= 15 is 0 Å². The van der Waals surface area contributed by atoms with E-state index in [-0.39, 0.29) is 16.0 Å². The van der Waals surface area contributed by atoms with Gasteiger partial charge >= 0.3 is 5.00 Å². The first kappa shape index (κ1) is 14.2. The summed E-state index contributed by atoms with van der Waals surface area (Å²) in [5.74, 6) is 0. The van der Waals surface area contributed by atoms with Crippen LogP contribution in [0.2, 0.25) is 0 Å². The summed E-state index contributed by atoms with van der Waals surface area (Å²) in [5.41, 5.74) is 2.15. The van der Waals surface area contributed by atoms with Gasteiger partial charge in [-0.05, 0) is 18.9 Å². The van der Waals surface area contributed by atoms with E-state index < -0.39 is 0 Å². The molecule has 1 aromatic rings. The van der Waals surface area contributed by atoms with Crippen molar-refractivity contribution in [1.29, 1.82) is 0 Å². The van der Waals surface area contributed by atoms with Crippen LogP contribution in [0.15, 0.2) is 23.6 Å². The molecular weight excluding hydrogens is 262 g/mol. The summed E-state index contributed by atoms with van der Waals surface area (Å²) in [5, 5.41) is 16.3. The van der Waals surface area contributed by atoms with E-state index in [1.54, 1.807) is 6.07 Å². The van der Waals surface area contributed by atoms with E-state index in [1.807, 2.05) is 12.3 Å². The lowest BCUT2D eigenvalue weighted by Crippen LogP contribution is -2.45. The second-order valence-corrected chi connectivity index (χ2v) is 5.83. The van der Waals surface area contributed by atoms with Crippen LogP contribution in [0, 0.1) is 10.1 Å². The standard InChI is InChI=1S/C13H19N3O2S/c1-10(2)7-12(15-5-3-14-4-6-15)11-8-13(16(17)18)19-9-11/h8-9,12,14H,1,3-7H2,2H3/t12-/m1/s1. The summed E-state index contributed by atoms with van der Waals surface area (Å²) in [6.45, 7) is 9.88. The Balaban J connectivity index is 2.19. The van der Waals surface area contributed by atoms with Gasteiger partial charge in [0.25, 0.3) is 0 Å². The van der Waals surface area contributed by atoms with Crippen LogP contribution >= 0.6 is 11.3 Å². The highest BCUT2D eigenvalue weighted by Gasteiger charge is 2.24. The maximum absolute atomic E-state index is 10.8. The molecule has 2 rings (SSSR count). The molecule has 1 N–H and O–H groups in total. The van der Waals surface area contributed by atoms with Gasteiger partial charge in [0.15, 0.2) is 0 Å². The van der Waals surface area contributed by atoms with Gasteiger partial charge in [-0.25, -0.2) is 0 Å². The van der Waals surface area contributed by atoms with Crippen LogP contribution in [0.25, 0.3) is 0 Å². The normalized spacial score (nSPS) is 18.2. The van der Waals surface area contributed by atoms with Crippen LogP contribution in [0.1, 0.15) is 24.9 Å². The fourth-order valence-corrected chi connectivity index (χ4v) is 3.16. The molecule has 0 aliphatic carbocycles. The molecule has 5 nitrogen and oxygen atoms in total. The zero-order valence-electron chi connectivity index (χ0n) is 11.1. The average Bonchev–Trinajstić information content (AvgIpc) is 2.86. The van der Waals surface area contributed by atoms with Gasteiger partial charge in [-0.3, -0.25) is 15.0 Å². The van der Waals surface area contributed by atoms with E-state index in [9.17, 15) is 10.1 Å². The van der Waals surface area contributed by atoms with Crippen LogP contribution in [0.3, 0.4) is 0 Å². The molecule has 0 saturated carbocycles. The van der Waals surface area contributed by atoms with Gasteiger partial charge in [0, 0.05) is 43.7 Å². The van der Waals surface area contributed by atoms with Crippen molar-refractivity contribution in [3.05, 3.63) is 39.3 Å². The summed E-state index contributed by atoms with van der Waals surface area (Å²) in [6, 6.07) is 1.92. The number of nitrogens with one attached hydrogen (secondary N) is 1. The van der Waals surface area contributed by atoms with E-state index in [0.717, 1.165) is 43.7 Å². The number of hydrogen-bond donors (Lipinski definition) is 1. The van der Waals surface area contributed by atoms with Crippen molar-refractivity contribution in [2.75, 3.05) is 26.2 Å². The Kier molecular flexibility index (Phi) is 4.68. The third-order valence-electron chi connectivity index (χ3n) is 3.30. The number of hydrogen-bond acceptors (Lipinski definition) is 5. The highest BCUT2D eigenvalue weighted by atomic mass is 32.1. The molecule has 1 aliphatic rings. The van der Waals surface area contributed by atoms with Crippen LogP contribution in [0.5, 0.6) is 0 Å². The summed E-state index contributed by atoms with van der Waals surface area (Å²) in [6.07, 6.45) is 0.855. The summed E-state index contributed by atoms with van der Waals surface area (Å²) < 4.78 is 0. The van der Waals surface area contributed by atoms with Gasteiger partial charge < -0.3 is 5.32 Å². The van der Waals surface area contributed by atoms with Crippen molar-refractivity contribution in [3.8, 4) is 0 Å². The molecular formula is C13H19N3O2S.